The number of hydrogen-bond donors (Lipinski definition) is 2. The molecule has 1 amide bonds. The number of ketones is 1. The fourth-order valence-corrected chi connectivity index (χ4v) is 3.90. The zero-order chi connectivity index (χ0) is 21.0. The van der Waals surface area contributed by atoms with Crippen LogP contribution in [-0.2, 0) is 0 Å². The van der Waals surface area contributed by atoms with Gasteiger partial charge in [0, 0.05) is 49.7 Å². The second kappa shape index (κ2) is 9.11. The third-order valence-corrected chi connectivity index (χ3v) is 5.36. The fraction of sp³-hybridized carbons (Fsp3) is 0.500. The largest absolute Gasteiger partial charge is 0.380 e. The summed E-state index contributed by atoms with van der Waals surface area (Å²) in [7, 11) is 0. The molecule has 3 rings (SSSR count). The number of rotatable bonds is 7. The molecule has 7 heteroatoms. The first-order valence-corrected chi connectivity index (χ1v) is 10.4. The smallest absolute Gasteiger partial charge is 0.270 e. The van der Waals surface area contributed by atoms with E-state index in [4.69, 9.17) is 0 Å². The van der Waals surface area contributed by atoms with Gasteiger partial charge in [-0.1, -0.05) is 0 Å². The van der Waals surface area contributed by atoms with Gasteiger partial charge in [-0.25, -0.2) is 4.98 Å². The Hall–Kier alpha value is -2.83. The number of H-pyrrole nitrogens is 1. The molecule has 1 saturated heterocycles. The molecule has 1 fully saturated rings. The summed E-state index contributed by atoms with van der Waals surface area (Å²) in [6, 6.07) is 6.34. The van der Waals surface area contributed by atoms with Crippen molar-refractivity contribution in [3.63, 3.8) is 0 Å². The average molecular weight is 398 g/mol. The Bertz CT molecular complexity index is 852. The molecule has 29 heavy (non-hydrogen) atoms. The first-order chi connectivity index (χ1) is 13.9. The third kappa shape index (κ3) is 4.78. The summed E-state index contributed by atoms with van der Waals surface area (Å²) in [5.74, 6) is 0.890. The molecule has 1 aliphatic rings. The number of nitrogens with one attached hydrogen (secondary N) is 2. The number of aromatic nitrogens is 2. The molecule has 0 spiro atoms. The van der Waals surface area contributed by atoms with Gasteiger partial charge in [-0.2, -0.15) is 0 Å². The van der Waals surface area contributed by atoms with Crippen LogP contribution in [0.15, 0.2) is 30.6 Å². The average Bonchev–Trinajstić information content (AvgIpc) is 3.20. The van der Waals surface area contributed by atoms with Crippen LogP contribution in [0.25, 0.3) is 0 Å². The Morgan fingerprint density at radius 2 is 2.07 bits per heavy atom. The molecule has 156 valence electrons. The van der Waals surface area contributed by atoms with E-state index in [1.54, 1.807) is 12.3 Å². The van der Waals surface area contributed by atoms with Crippen LogP contribution in [0, 0.1) is 0 Å². The Balaban J connectivity index is 1.67. The number of carbonyl (C=O) groups excluding carboxylic acids is 2. The number of carbonyl (C=O) groups is 2. The van der Waals surface area contributed by atoms with Crippen LogP contribution in [0.1, 0.15) is 61.4 Å². The number of pyridine rings is 1. The van der Waals surface area contributed by atoms with E-state index in [9.17, 15) is 9.59 Å². The lowest BCUT2D eigenvalue weighted by molar-refractivity contribution is 0.0707. The molecule has 1 aliphatic heterocycles. The number of Topliss-reactive ketones (excluding diaryl/α,β-unsaturated/α-hetero) is 1. The monoisotopic (exact) mass is 397 g/mol. The molecule has 0 unspecified atom stereocenters. The Morgan fingerprint density at radius 1 is 1.34 bits per heavy atom. The molecular formula is C22H31N5O2. The summed E-state index contributed by atoms with van der Waals surface area (Å²) in [6.45, 7) is 10.1. The zero-order valence-electron chi connectivity index (χ0n) is 17.7. The van der Waals surface area contributed by atoms with E-state index in [-0.39, 0.29) is 11.7 Å². The summed E-state index contributed by atoms with van der Waals surface area (Å²) < 4.78 is 0. The molecule has 2 aromatic rings. The van der Waals surface area contributed by atoms with Crippen molar-refractivity contribution in [2.45, 2.75) is 52.6 Å². The van der Waals surface area contributed by atoms with Crippen molar-refractivity contribution in [2.75, 3.05) is 29.9 Å². The number of piperidine rings is 1. The van der Waals surface area contributed by atoms with Gasteiger partial charge in [-0.15, -0.1) is 0 Å². The summed E-state index contributed by atoms with van der Waals surface area (Å²) >= 11 is 0. The molecule has 3 heterocycles. The van der Waals surface area contributed by atoms with Crippen molar-refractivity contribution in [3.05, 3.63) is 41.9 Å². The predicted octanol–water partition coefficient (Wildman–Crippen LogP) is 3.56. The lowest BCUT2D eigenvalue weighted by Gasteiger charge is -2.39. The number of nitrogens with zero attached hydrogens (tertiary/aromatic N) is 3. The van der Waals surface area contributed by atoms with Gasteiger partial charge in [-0.05, 0) is 58.7 Å². The number of likely N-dealkylation sites (tertiary alicyclic amines) is 1. The lowest BCUT2D eigenvalue weighted by Crippen LogP contribution is -2.47. The number of hydrogen-bond acceptors (Lipinski definition) is 5. The minimum absolute atomic E-state index is 0.0426. The fourth-order valence-electron chi connectivity index (χ4n) is 3.90. The molecule has 0 bridgehead atoms. The quantitative estimate of drug-likeness (QED) is 0.698. The van der Waals surface area contributed by atoms with Gasteiger partial charge in [0.25, 0.3) is 5.91 Å². The van der Waals surface area contributed by atoms with Crippen LogP contribution in [0.5, 0.6) is 0 Å². The van der Waals surface area contributed by atoms with E-state index in [2.05, 4.69) is 47.0 Å². The van der Waals surface area contributed by atoms with Crippen molar-refractivity contribution in [1.82, 2.24) is 14.9 Å². The molecule has 0 radical (unpaired) electrons. The highest BCUT2D eigenvalue weighted by atomic mass is 16.2. The van der Waals surface area contributed by atoms with Gasteiger partial charge in [-0.3, -0.25) is 9.59 Å². The van der Waals surface area contributed by atoms with E-state index < -0.39 is 0 Å². The van der Waals surface area contributed by atoms with E-state index in [0.29, 0.717) is 36.4 Å². The van der Waals surface area contributed by atoms with Crippen molar-refractivity contribution in [3.8, 4) is 0 Å². The second-order valence-electron chi connectivity index (χ2n) is 7.84. The Morgan fingerprint density at radius 3 is 2.66 bits per heavy atom. The van der Waals surface area contributed by atoms with E-state index in [1.165, 1.54) is 6.92 Å². The highest BCUT2D eigenvalue weighted by Crippen LogP contribution is 2.29. The summed E-state index contributed by atoms with van der Waals surface area (Å²) in [6.07, 6.45) is 5.21. The van der Waals surface area contributed by atoms with Gasteiger partial charge in [0.1, 0.15) is 5.69 Å². The van der Waals surface area contributed by atoms with E-state index >= 15 is 0 Å². The number of amides is 1. The minimum atomic E-state index is -0.0428. The van der Waals surface area contributed by atoms with Crippen LogP contribution in [0.4, 0.5) is 11.5 Å². The maximum absolute atomic E-state index is 12.8. The summed E-state index contributed by atoms with van der Waals surface area (Å²) in [4.78, 5) is 36.0. The van der Waals surface area contributed by atoms with Crippen LogP contribution in [0.3, 0.4) is 0 Å². The summed E-state index contributed by atoms with van der Waals surface area (Å²) in [5.41, 5.74) is 2.07. The topological polar surface area (TPSA) is 81.3 Å². The van der Waals surface area contributed by atoms with Crippen molar-refractivity contribution in [2.24, 2.45) is 0 Å². The predicted molar refractivity (Wildman–Crippen MR) is 116 cm³/mol. The van der Waals surface area contributed by atoms with Crippen molar-refractivity contribution >= 4 is 23.2 Å². The second-order valence-corrected chi connectivity index (χ2v) is 7.84. The van der Waals surface area contributed by atoms with Crippen molar-refractivity contribution in [1.29, 1.82) is 0 Å². The number of aromatic amines is 1. The highest BCUT2D eigenvalue weighted by Gasteiger charge is 2.29. The van der Waals surface area contributed by atoms with Gasteiger partial charge >= 0.3 is 0 Å². The molecular weight excluding hydrogens is 366 g/mol. The third-order valence-electron chi connectivity index (χ3n) is 5.36. The first-order valence-electron chi connectivity index (χ1n) is 10.4. The van der Waals surface area contributed by atoms with E-state index in [1.807, 2.05) is 17.2 Å². The highest BCUT2D eigenvalue weighted by molar-refractivity contribution is 5.99. The van der Waals surface area contributed by atoms with Crippen LogP contribution in [0.2, 0.25) is 0 Å². The van der Waals surface area contributed by atoms with Crippen molar-refractivity contribution < 1.29 is 9.59 Å². The first kappa shape index (κ1) is 20.9. The standard InChI is InChI=1S/C22H31N5O2/c1-5-27(21-19(25-15(2)3)7-6-10-23-21)18-8-11-26(12-9-18)22(29)20-13-17(14-24-20)16(4)28/h6-7,10,13-15,18,24-25H,5,8-9,11-12H2,1-4H3. The Labute approximate surface area is 172 Å². The van der Waals surface area contributed by atoms with E-state index in [0.717, 1.165) is 30.9 Å². The molecule has 0 aromatic carbocycles. The molecule has 0 atom stereocenters. The Kier molecular flexibility index (Phi) is 6.56. The molecule has 0 saturated carbocycles. The SMILES string of the molecule is CCN(c1ncccc1NC(C)C)C1CCN(C(=O)c2cc(C(C)=O)c[nH]2)CC1. The normalized spacial score (nSPS) is 14.9. The van der Waals surface area contributed by atoms with Gasteiger partial charge < -0.3 is 20.1 Å². The minimum Gasteiger partial charge on any atom is -0.380 e. The molecule has 2 N–H and O–H groups in total. The molecule has 7 nitrogen and oxygen atoms in total. The van der Waals surface area contributed by atoms with Gasteiger partial charge in [0.15, 0.2) is 11.6 Å². The van der Waals surface area contributed by atoms with Gasteiger partial charge in [0.2, 0.25) is 0 Å². The summed E-state index contributed by atoms with van der Waals surface area (Å²) in [5, 5.41) is 3.49. The van der Waals surface area contributed by atoms with Crippen LogP contribution < -0.4 is 10.2 Å². The molecule has 2 aromatic heterocycles. The van der Waals surface area contributed by atoms with Crippen LogP contribution in [-0.4, -0.2) is 58.3 Å². The lowest BCUT2D eigenvalue weighted by atomic mass is 10.0. The maximum atomic E-state index is 12.8. The van der Waals surface area contributed by atoms with Gasteiger partial charge in [0.05, 0.1) is 5.69 Å². The molecule has 0 aliphatic carbocycles. The maximum Gasteiger partial charge on any atom is 0.270 e. The van der Waals surface area contributed by atoms with Crippen LogP contribution >= 0.6 is 0 Å². The zero-order valence-corrected chi connectivity index (χ0v) is 17.7. The number of anilines is 2.